The average molecular weight is 189 g/mol. The first-order valence-electron chi connectivity index (χ1n) is 4.29. The van der Waals surface area contributed by atoms with Gasteiger partial charge < -0.3 is 0 Å². The van der Waals surface area contributed by atoms with E-state index < -0.39 is 10.0 Å². The maximum atomic E-state index is 11.3. The summed E-state index contributed by atoms with van der Waals surface area (Å²) in [6, 6.07) is 0. The molecule has 0 bridgehead atoms. The third-order valence-corrected chi connectivity index (χ3v) is 3.64. The van der Waals surface area contributed by atoms with Crippen molar-refractivity contribution in [1.29, 1.82) is 0 Å². The fourth-order valence-electron chi connectivity index (χ4n) is 1.40. The first kappa shape index (κ1) is 9.74. The summed E-state index contributed by atoms with van der Waals surface area (Å²) in [6.07, 6.45) is 4.24. The first-order chi connectivity index (χ1) is 5.67. The molecule has 0 aromatic rings. The Bertz CT molecular complexity index is 238. The summed E-state index contributed by atoms with van der Waals surface area (Å²) in [7, 11) is -3.15. The topological polar surface area (TPSA) is 37.4 Å². The van der Waals surface area contributed by atoms with Gasteiger partial charge in [0.25, 0.3) is 0 Å². The second-order valence-electron chi connectivity index (χ2n) is 3.02. The van der Waals surface area contributed by atoms with Gasteiger partial charge in [-0.15, -0.1) is 0 Å². The Morgan fingerprint density at radius 2 is 1.58 bits per heavy atom. The van der Waals surface area contributed by atoms with Gasteiger partial charge in [0.1, 0.15) is 0 Å². The van der Waals surface area contributed by atoms with Crippen LogP contribution in [0.25, 0.3) is 0 Å². The van der Waals surface area contributed by atoms with Crippen molar-refractivity contribution >= 4 is 10.0 Å². The summed E-state index contributed by atoms with van der Waals surface area (Å²) in [6.45, 7) is 4.63. The lowest BCUT2D eigenvalue weighted by atomic mass is 10.2. The van der Waals surface area contributed by atoms with Crippen LogP contribution in [0, 0.1) is 0 Å². The van der Waals surface area contributed by atoms with Gasteiger partial charge in [0.2, 0.25) is 10.0 Å². The highest BCUT2D eigenvalue weighted by Crippen LogP contribution is 2.13. The molecule has 0 unspecified atom stereocenters. The molecule has 3 nitrogen and oxygen atoms in total. The molecule has 1 heterocycles. The van der Waals surface area contributed by atoms with Crippen molar-refractivity contribution in [2.24, 2.45) is 0 Å². The molecular weight excluding hydrogens is 174 g/mol. The van der Waals surface area contributed by atoms with Crippen molar-refractivity contribution in [2.45, 2.75) is 25.7 Å². The molecule has 0 spiro atoms. The standard InChI is InChI=1S/C8H15NO2S/c1-2-12(10,11)9-7-5-3-4-6-8-9/h2H,1,3-8H2. The monoisotopic (exact) mass is 189 g/mol. The van der Waals surface area contributed by atoms with E-state index in [-0.39, 0.29) is 0 Å². The third kappa shape index (κ3) is 2.32. The van der Waals surface area contributed by atoms with Crippen LogP contribution < -0.4 is 0 Å². The van der Waals surface area contributed by atoms with E-state index in [4.69, 9.17) is 0 Å². The van der Waals surface area contributed by atoms with E-state index in [1.807, 2.05) is 0 Å². The van der Waals surface area contributed by atoms with Crippen molar-refractivity contribution in [3.63, 3.8) is 0 Å². The molecule has 0 amide bonds. The summed E-state index contributed by atoms with van der Waals surface area (Å²) >= 11 is 0. The van der Waals surface area contributed by atoms with Gasteiger partial charge in [-0.05, 0) is 12.8 Å². The molecule has 0 atom stereocenters. The highest BCUT2D eigenvalue weighted by molar-refractivity contribution is 7.92. The summed E-state index contributed by atoms with van der Waals surface area (Å²) in [5, 5.41) is 1.04. The smallest absolute Gasteiger partial charge is 0.208 e. The lowest BCUT2D eigenvalue weighted by molar-refractivity contribution is 0.430. The quantitative estimate of drug-likeness (QED) is 0.657. The van der Waals surface area contributed by atoms with Crippen molar-refractivity contribution in [1.82, 2.24) is 4.31 Å². The number of sulfonamides is 1. The summed E-state index contributed by atoms with van der Waals surface area (Å²) in [5.74, 6) is 0. The largest absolute Gasteiger partial charge is 0.235 e. The van der Waals surface area contributed by atoms with Crippen LogP contribution in [0.1, 0.15) is 25.7 Å². The molecule has 0 aromatic heterocycles. The predicted molar refractivity (Wildman–Crippen MR) is 49.2 cm³/mol. The van der Waals surface area contributed by atoms with Crippen LogP contribution in [0.5, 0.6) is 0 Å². The van der Waals surface area contributed by atoms with Crippen molar-refractivity contribution in [3.8, 4) is 0 Å². The maximum Gasteiger partial charge on any atom is 0.235 e. The third-order valence-electron chi connectivity index (χ3n) is 2.14. The second-order valence-corrected chi connectivity index (χ2v) is 4.90. The van der Waals surface area contributed by atoms with Gasteiger partial charge in [-0.1, -0.05) is 19.4 Å². The maximum absolute atomic E-state index is 11.3. The fraction of sp³-hybridized carbons (Fsp3) is 0.750. The van der Waals surface area contributed by atoms with E-state index in [1.165, 1.54) is 4.31 Å². The molecule has 70 valence electrons. The molecule has 1 saturated heterocycles. The molecule has 0 radical (unpaired) electrons. The molecule has 0 aliphatic carbocycles. The Hall–Kier alpha value is -0.350. The zero-order valence-electron chi connectivity index (χ0n) is 7.20. The van der Waals surface area contributed by atoms with Crippen LogP contribution in [0.2, 0.25) is 0 Å². The van der Waals surface area contributed by atoms with Crippen LogP contribution >= 0.6 is 0 Å². The molecule has 1 fully saturated rings. The van der Waals surface area contributed by atoms with E-state index >= 15 is 0 Å². The van der Waals surface area contributed by atoms with Crippen LogP contribution in [0.15, 0.2) is 12.0 Å². The zero-order valence-corrected chi connectivity index (χ0v) is 8.02. The van der Waals surface area contributed by atoms with E-state index in [2.05, 4.69) is 6.58 Å². The molecule has 0 N–H and O–H groups in total. The zero-order chi connectivity index (χ0) is 9.03. The van der Waals surface area contributed by atoms with Gasteiger partial charge in [0.15, 0.2) is 0 Å². The lowest BCUT2D eigenvalue weighted by Crippen LogP contribution is -2.29. The summed E-state index contributed by atoms with van der Waals surface area (Å²) < 4.78 is 24.2. The minimum absolute atomic E-state index is 0.661. The second kappa shape index (κ2) is 4.05. The number of rotatable bonds is 2. The SMILES string of the molecule is C=CS(=O)(=O)N1CCCCCC1. The molecule has 4 heteroatoms. The minimum atomic E-state index is -3.15. The summed E-state index contributed by atoms with van der Waals surface area (Å²) in [5.41, 5.74) is 0. The fourth-order valence-corrected chi connectivity index (χ4v) is 2.38. The van der Waals surface area contributed by atoms with E-state index in [9.17, 15) is 8.42 Å². The van der Waals surface area contributed by atoms with Crippen LogP contribution in [0.4, 0.5) is 0 Å². The number of hydrogen-bond acceptors (Lipinski definition) is 2. The van der Waals surface area contributed by atoms with Gasteiger partial charge in [-0.3, -0.25) is 0 Å². The molecule has 1 rings (SSSR count). The minimum Gasteiger partial charge on any atom is -0.208 e. The van der Waals surface area contributed by atoms with Crippen LogP contribution in [-0.4, -0.2) is 25.8 Å². The normalized spacial score (nSPS) is 21.7. The van der Waals surface area contributed by atoms with Gasteiger partial charge in [0, 0.05) is 18.5 Å². The van der Waals surface area contributed by atoms with Crippen molar-refractivity contribution in [2.75, 3.05) is 13.1 Å². The highest BCUT2D eigenvalue weighted by atomic mass is 32.2. The molecule has 0 aromatic carbocycles. The van der Waals surface area contributed by atoms with Gasteiger partial charge in [-0.25, -0.2) is 8.42 Å². The first-order valence-corrected chi connectivity index (χ1v) is 5.80. The molecule has 0 saturated carbocycles. The number of hydrogen-bond donors (Lipinski definition) is 0. The van der Waals surface area contributed by atoms with Crippen LogP contribution in [-0.2, 0) is 10.0 Å². The molecule has 1 aliphatic heterocycles. The highest BCUT2D eigenvalue weighted by Gasteiger charge is 2.18. The Morgan fingerprint density at radius 1 is 1.08 bits per heavy atom. The van der Waals surface area contributed by atoms with Gasteiger partial charge in [0.05, 0.1) is 0 Å². The van der Waals surface area contributed by atoms with E-state index in [1.54, 1.807) is 0 Å². The number of nitrogens with zero attached hydrogens (tertiary/aromatic N) is 1. The van der Waals surface area contributed by atoms with Crippen molar-refractivity contribution < 1.29 is 8.42 Å². The average Bonchev–Trinajstić information content (AvgIpc) is 2.32. The Morgan fingerprint density at radius 3 is 2.00 bits per heavy atom. The Balaban J connectivity index is 2.66. The van der Waals surface area contributed by atoms with Crippen molar-refractivity contribution in [3.05, 3.63) is 12.0 Å². The molecular formula is C8H15NO2S. The molecule has 12 heavy (non-hydrogen) atoms. The predicted octanol–water partition coefficient (Wildman–Crippen LogP) is 1.34. The van der Waals surface area contributed by atoms with Gasteiger partial charge >= 0.3 is 0 Å². The summed E-state index contributed by atoms with van der Waals surface area (Å²) in [4.78, 5) is 0. The van der Waals surface area contributed by atoms with Crippen LogP contribution in [0.3, 0.4) is 0 Å². The Labute approximate surface area is 74.1 Å². The van der Waals surface area contributed by atoms with Gasteiger partial charge in [-0.2, -0.15) is 4.31 Å². The lowest BCUT2D eigenvalue weighted by Gasteiger charge is -2.16. The molecule has 1 aliphatic rings. The van der Waals surface area contributed by atoms with E-state index in [0.29, 0.717) is 13.1 Å². The van der Waals surface area contributed by atoms with E-state index in [0.717, 1.165) is 31.1 Å². The Kier molecular flexibility index (Phi) is 3.29.